The maximum atomic E-state index is 11.5. The van der Waals surface area contributed by atoms with E-state index in [2.05, 4.69) is 5.32 Å². The molecule has 0 saturated carbocycles. The van der Waals surface area contributed by atoms with Gasteiger partial charge in [0.2, 0.25) is 5.91 Å². The van der Waals surface area contributed by atoms with Crippen LogP contribution in [0.5, 0.6) is 0 Å². The van der Waals surface area contributed by atoms with Crippen molar-refractivity contribution in [2.45, 2.75) is 6.04 Å². The highest BCUT2D eigenvalue weighted by Gasteiger charge is 2.26. The number of piperazine rings is 1. The molecule has 1 aliphatic heterocycles. The standard InChI is InChI=1S/C8H16N2O3/c1-13-5-4-10-3-2-9-7(6-11)8(10)12/h7,9,11H,2-6H2,1H3. The highest BCUT2D eigenvalue weighted by molar-refractivity contribution is 5.82. The maximum absolute atomic E-state index is 11.5. The lowest BCUT2D eigenvalue weighted by Crippen LogP contribution is -2.57. The summed E-state index contributed by atoms with van der Waals surface area (Å²) in [5.74, 6) is -0.0363. The molecule has 0 aromatic carbocycles. The molecule has 1 unspecified atom stereocenters. The minimum Gasteiger partial charge on any atom is -0.394 e. The molecule has 2 N–H and O–H groups in total. The molecule has 1 rings (SSSR count). The van der Waals surface area contributed by atoms with E-state index in [-0.39, 0.29) is 12.5 Å². The lowest BCUT2D eigenvalue weighted by molar-refractivity contribution is -0.137. The van der Waals surface area contributed by atoms with E-state index < -0.39 is 6.04 Å². The summed E-state index contributed by atoms with van der Waals surface area (Å²) in [6.45, 7) is 2.44. The number of carbonyl (C=O) groups is 1. The third kappa shape index (κ3) is 2.65. The molecule has 1 heterocycles. The quantitative estimate of drug-likeness (QED) is 0.559. The second-order valence-electron chi connectivity index (χ2n) is 3.01. The van der Waals surface area contributed by atoms with Crippen LogP contribution in [0.15, 0.2) is 0 Å². The van der Waals surface area contributed by atoms with Gasteiger partial charge in [0.1, 0.15) is 6.04 Å². The third-order valence-electron chi connectivity index (χ3n) is 2.13. The number of rotatable bonds is 4. The molecule has 1 amide bonds. The molecule has 0 aromatic rings. The van der Waals surface area contributed by atoms with Gasteiger partial charge in [-0.05, 0) is 0 Å². The highest BCUT2D eigenvalue weighted by Crippen LogP contribution is 2.00. The number of nitrogens with zero attached hydrogens (tertiary/aromatic N) is 1. The zero-order valence-corrected chi connectivity index (χ0v) is 7.82. The van der Waals surface area contributed by atoms with E-state index >= 15 is 0 Å². The van der Waals surface area contributed by atoms with Gasteiger partial charge in [-0.2, -0.15) is 0 Å². The van der Waals surface area contributed by atoms with Crippen LogP contribution < -0.4 is 5.32 Å². The zero-order valence-electron chi connectivity index (χ0n) is 7.82. The van der Waals surface area contributed by atoms with Crippen molar-refractivity contribution in [3.63, 3.8) is 0 Å². The summed E-state index contributed by atoms with van der Waals surface area (Å²) in [6.07, 6.45) is 0. The first kappa shape index (κ1) is 10.4. The van der Waals surface area contributed by atoms with Gasteiger partial charge in [-0.25, -0.2) is 0 Å². The number of carbonyl (C=O) groups excluding carboxylic acids is 1. The monoisotopic (exact) mass is 188 g/mol. The summed E-state index contributed by atoms with van der Waals surface area (Å²) in [7, 11) is 1.61. The van der Waals surface area contributed by atoms with Crippen molar-refractivity contribution in [2.75, 3.05) is 40.0 Å². The normalized spacial score (nSPS) is 23.7. The highest BCUT2D eigenvalue weighted by atomic mass is 16.5. The van der Waals surface area contributed by atoms with Gasteiger partial charge in [-0.1, -0.05) is 0 Å². The fraction of sp³-hybridized carbons (Fsp3) is 0.875. The minimum absolute atomic E-state index is 0.0363. The van der Waals surface area contributed by atoms with Crippen molar-refractivity contribution in [1.29, 1.82) is 0 Å². The predicted octanol–water partition coefficient (Wildman–Crippen LogP) is -1.57. The first-order valence-electron chi connectivity index (χ1n) is 4.41. The Hall–Kier alpha value is -0.650. The van der Waals surface area contributed by atoms with Crippen LogP contribution in [0.25, 0.3) is 0 Å². The van der Waals surface area contributed by atoms with Gasteiger partial charge in [0, 0.05) is 26.7 Å². The maximum Gasteiger partial charge on any atom is 0.242 e. The first-order chi connectivity index (χ1) is 6.29. The summed E-state index contributed by atoms with van der Waals surface area (Å²) in [5.41, 5.74) is 0. The van der Waals surface area contributed by atoms with Crippen LogP contribution in [0.1, 0.15) is 0 Å². The van der Waals surface area contributed by atoms with Crippen LogP contribution >= 0.6 is 0 Å². The van der Waals surface area contributed by atoms with E-state index in [1.165, 1.54) is 0 Å². The zero-order chi connectivity index (χ0) is 9.68. The Labute approximate surface area is 77.7 Å². The number of amides is 1. The van der Waals surface area contributed by atoms with Gasteiger partial charge < -0.3 is 20.1 Å². The number of ether oxygens (including phenoxy) is 1. The number of hydrogen-bond donors (Lipinski definition) is 2. The van der Waals surface area contributed by atoms with Gasteiger partial charge in [0.25, 0.3) is 0 Å². The Morgan fingerprint density at radius 3 is 3.15 bits per heavy atom. The van der Waals surface area contributed by atoms with Crippen LogP contribution in [0.3, 0.4) is 0 Å². The summed E-state index contributed by atoms with van der Waals surface area (Å²) in [4.78, 5) is 13.2. The SMILES string of the molecule is COCCN1CCNC(CO)C1=O. The van der Waals surface area contributed by atoms with Gasteiger partial charge in [0.05, 0.1) is 13.2 Å². The van der Waals surface area contributed by atoms with Gasteiger partial charge >= 0.3 is 0 Å². The Morgan fingerprint density at radius 1 is 1.77 bits per heavy atom. The van der Waals surface area contributed by atoms with Crippen molar-refractivity contribution in [1.82, 2.24) is 10.2 Å². The average Bonchev–Trinajstić information content (AvgIpc) is 2.16. The van der Waals surface area contributed by atoms with E-state index in [1.807, 2.05) is 0 Å². The number of methoxy groups -OCH3 is 1. The summed E-state index contributed by atoms with van der Waals surface area (Å²) < 4.78 is 4.88. The molecule has 0 spiro atoms. The fourth-order valence-electron chi connectivity index (χ4n) is 1.36. The number of hydrogen-bond acceptors (Lipinski definition) is 4. The van der Waals surface area contributed by atoms with Gasteiger partial charge in [-0.3, -0.25) is 4.79 Å². The van der Waals surface area contributed by atoms with Crippen molar-refractivity contribution in [3.8, 4) is 0 Å². The Balaban J connectivity index is 2.40. The number of aliphatic hydroxyl groups is 1. The van der Waals surface area contributed by atoms with Crippen LogP contribution in [0.2, 0.25) is 0 Å². The molecule has 5 heteroatoms. The van der Waals surface area contributed by atoms with Crippen LogP contribution in [0, 0.1) is 0 Å². The van der Waals surface area contributed by atoms with E-state index in [4.69, 9.17) is 9.84 Å². The first-order valence-corrected chi connectivity index (χ1v) is 4.41. The summed E-state index contributed by atoms with van der Waals surface area (Å²) in [5, 5.41) is 11.8. The van der Waals surface area contributed by atoms with E-state index in [0.29, 0.717) is 19.7 Å². The molecule has 76 valence electrons. The molecule has 0 bridgehead atoms. The van der Waals surface area contributed by atoms with E-state index in [9.17, 15) is 4.79 Å². The van der Waals surface area contributed by atoms with Gasteiger partial charge in [-0.15, -0.1) is 0 Å². The Kier molecular flexibility index (Phi) is 4.14. The Bertz CT molecular complexity index is 175. The van der Waals surface area contributed by atoms with Crippen molar-refractivity contribution >= 4 is 5.91 Å². The molecule has 1 atom stereocenters. The Morgan fingerprint density at radius 2 is 2.54 bits per heavy atom. The molecule has 0 radical (unpaired) electrons. The van der Waals surface area contributed by atoms with Crippen LogP contribution in [-0.4, -0.2) is 61.9 Å². The molecular formula is C8H16N2O3. The fourth-order valence-corrected chi connectivity index (χ4v) is 1.36. The molecule has 13 heavy (non-hydrogen) atoms. The molecule has 5 nitrogen and oxygen atoms in total. The summed E-state index contributed by atoms with van der Waals surface area (Å²) >= 11 is 0. The molecule has 1 fully saturated rings. The van der Waals surface area contributed by atoms with E-state index in [0.717, 1.165) is 6.54 Å². The van der Waals surface area contributed by atoms with Crippen LogP contribution in [0.4, 0.5) is 0 Å². The summed E-state index contributed by atoms with van der Waals surface area (Å²) in [6, 6.07) is -0.425. The lowest BCUT2D eigenvalue weighted by atomic mass is 10.2. The molecule has 0 aromatic heterocycles. The molecule has 0 aliphatic carbocycles. The molecule has 1 saturated heterocycles. The number of nitrogens with one attached hydrogen (secondary N) is 1. The van der Waals surface area contributed by atoms with E-state index in [1.54, 1.807) is 12.0 Å². The van der Waals surface area contributed by atoms with Gasteiger partial charge in [0.15, 0.2) is 0 Å². The van der Waals surface area contributed by atoms with Crippen molar-refractivity contribution < 1.29 is 14.6 Å². The molecular weight excluding hydrogens is 172 g/mol. The average molecular weight is 188 g/mol. The van der Waals surface area contributed by atoms with Crippen molar-refractivity contribution in [3.05, 3.63) is 0 Å². The minimum atomic E-state index is -0.425. The second-order valence-corrected chi connectivity index (χ2v) is 3.01. The predicted molar refractivity (Wildman–Crippen MR) is 47.3 cm³/mol. The third-order valence-corrected chi connectivity index (χ3v) is 2.13. The lowest BCUT2D eigenvalue weighted by Gasteiger charge is -2.32. The second kappa shape index (κ2) is 5.16. The smallest absolute Gasteiger partial charge is 0.242 e. The van der Waals surface area contributed by atoms with Crippen molar-refractivity contribution in [2.24, 2.45) is 0 Å². The molecule has 1 aliphatic rings. The topological polar surface area (TPSA) is 61.8 Å². The number of aliphatic hydroxyl groups excluding tert-OH is 1. The largest absolute Gasteiger partial charge is 0.394 e. The van der Waals surface area contributed by atoms with Crippen LogP contribution in [-0.2, 0) is 9.53 Å².